The van der Waals surface area contributed by atoms with Crippen LogP contribution in [0.4, 0.5) is 11.5 Å². The van der Waals surface area contributed by atoms with Crippen LogP contribution >= 0.6 is 0 Å². The fourth-order valence-electron chi connectivity index (χ4n) is 2.14. The molecule has 0 aliphatic heterocycles. The van der Waals surface area contributed by atoms with E-state index in [1.165, 1.54) is 0 Å². The van der Waals surface area contributed by atoms with Gasteiger partial charge in [0.25, 0.3) is 0 Å². The Morgan fingerprint density at radius 3 is 2.79 bits per heavy atom. The molecular weight excluding hydrogens is 242 g/mol. The molecule has 0 bridgehead atoms. The van der Waals surface area contributed by atoms with Gasteiger partial charge in [0.1, 0.15) is 11.6 Å². The van der Waals surface area contributed by atoms with Crippen LogP contribution in [0.1, 0.15) is 16.1 Å². The molecule has 5 nitrogen and oxygen atoms in total. The Morgan fingerprint density at radius 1 is 1.42 bits per heavy atom. The van der Waals surface area contributed by atoms with E-state index in [0.717, 1.165) is 29.2 Å². The van der Waals surface area contributed by atoms with Crippen molar-refractivity contribution in [3.8, 4) is 5.75 Å². The molecule has 2 rings (SSSR count). The number of hydrogen-bond donors (Lipinski definition) is 0. The van der Waals surface area contributed by atoms with E-state index in [2.05, 4.69) is 5.10 Å². The molecule has 5 heteroatoms. The molecule has 0 saturated heterocycles. The van der Waals surface area contributed by atoms with E-state index in [0.29, 0.717) is 5.56 Å². The second-order valence-corrected chi connectivity index (χ2v) is 4.32. The van der Waals surface area contributed by atoms with Gasteiger partial charge in [0.15, 0.2) is 6.29 Å². The Morgan fingerprint density at radius 2 is 2.16 bits per heavy atom. The van der Waals surface area contributed by atoms with Crippen molar-refractivity contribution in [2.75, 3.05) is 19.1 Å². The first-order chi connectivity index (χ1) is 9.08. The zero-order valence-corrected chi connectivity index (χ0v) is 11.5. The highest BCUT2D eigenvalue weighted by Crippen LogP contribution is 2.29. The molecule has 0 atom stereocenters. The van der Waals surface area contributed by atoms with Gasteiger partial charge < -0.3 is 9.64 Å². The molecule has 2 aromatic rings. The lowest BCUT2D eigenvalue weighted by Gasteiger charge is -2.20. The van der Waals surface area contributed by atoms with Gasteiger partial charge in [0.05, 0.1) is 18.4 Å². The minimum atomic E-state index is 0.604. The fourth-order valence-corrected chi connectivity index (χ4v) is 2.14. The molecule has 0 unspecified atom stereocenters. The predicted molar refractivity (Wildman–Crippen MR) is 74.4 cm³/mol. The zero-order valence-electron chi connectivity index (χ0n) is 11.5. The minimum Gasteiger partial charge on any atom is -0.497 e. The van der Waals surface area contributed by atoms with Gasteiger partial charge in [-0.3, -0.25) is 9.48 Å². The third-order valence-corrected chi connectivity index (χ3v) is 3.11. The molecular formula is C14H17N3O2. The van der Waals surface area contributed by atoms with Crippen LogP contribution in [0.25, 0.3) is 0 Å². The Labute approximate surface area is 112 Å². The number of anilines is 2. The lowest BCUT2D eigenvalue weighted by atomic mass is 10.2. The van der Waals surface area contributed by atoms with Gasteiger partial charge in [0.2, 0.25) is 0 Å². The van der Waals surface area contributed by atoms with Crippen LogP contribution in [-0.4, -0.2) is 30.2 Å². The molecule has 0 fully saturated rings. The van der Waals surface area contributed by atoms with E-state index in [9.17, 15) is 4.79 Å². The van der Waals surface area contributed by atoms with E-state index in [-0.39, 0.29) is 0 Å². The number of methoxy groups -OCH3 is 1. The van der Waals surface area contributed by atoms with Crippen molar-refractivity contribution >= 4 is 17.8 Å². The lowest BCUT2D eigenvalue weighted by Crippen LogP contribution is -2.15. The van der Waals surface area contributed by atoms with Crippen molar-refractivity contribution in [2.45, 2.75) is 6.92 Å². The summed E-state index contributed by atoms with van der Waals surface area (Å²) in [6.45, 7) is 1.83. The molecule has 0 spiro atoms. The van der Waals surface area contributed by atoms with Crippen molar-refractivity contribution in [3.63, 3.8) is 0 Å². The number of nitrogens with zero attached hydrogens (tertiary/aromatic N) is 3. The molecule has 1 aromatic carbocycles. The highest BCUT2D eigenvalue weighted by molar-refractivity contribution is 5.86. The van der Waals surface area contributed by atoms with Crippen LogP contribution in [0, 0.1) is 6.92 Å². The second kappa shape index (κ2) is 5.14. The molecule has 0 aliphatic rings. The topological polar surface area (TPSA) is 47.4 Å². The van der Waals surface area contributed by atoms with E-state index < -0.39 is 0 Å². The highest BCUT2D eigenvalue weighted by atomic mass is 16.5. The SMILES string of the molecule is COc1cccc(N(C)c2c(C=O)c(C)nn2C)c1. The molecule has 100 valence electrons. The van der Waals surface area contributed by atoms with Gasteiger partial charge in [-0.2, -0.15) is 5.10 Å². The Kier molecular flexibility index (Phi) is 3.55. The van der Waals surface area contributed by atoms with Crippen LogP contribution in [0.5, 0.6) is 5.75 Å². The fraction of sp³-hybridized carbons (Fsp3) is 0.286. The minimum absolute atomic E-state index is 0.604. The summed E-state index contributed by atoms with van der Waals surface area (Å²) in [7, 11) is 5.36. The molecule has 0 aliphatic carbocycles. The third kappa shape index (κ3) is 2.31. The van der Waals surface area contributed by atoms with Gasteiger partial charge in [-0.25, -0.2) is 0 Å². The first-order valence-electron chi connectivity index (χ1n) is 5.95. The normalized spacial score (nSPS) is 10.3. The average molecular weight is 259 g/mol. The van der Waals surface area contributed by atoms with Crippen molar-refractivity contribution in [3.05, 3.63) is 35.5 Å². The lowest BCUT2D eigenvalue weighted by molar-refractivity contribution is 0.112. The summed E-state index contributed by atoms with van der Waals surface area (Å²) >= 11 is 0. The van der Waals surface area contributed by atoms with Gasteiger partial charge in [-0.05, 0) is 19.1 Å². The average Bonchev–Trinajstić information content (AvgIpc) is 2.71. The van der Waals surface area contributed by atoms with Crippen LogP contribution in [0.15, 0.2) is 24.3 Å². The Balaban J connectivity index is 2.49. The van der Waals surface area contributed by atoms with Gasteiger partial charge in [0, 0.05) is 25.8 Å². The van der Waals surface area contributed by atoms with Crippen LogP contribution in [0.2, 0.25) is 0 Å². The summed E-state index contributed by atoms with van der Waals surface area (Å²) in [5.74, 6) is 1.54. The summed E-state index contributed by atoms with van der Waals surface area (Å²) in [6, 6.07) is 7.66. The molecule has 1 heterocycles. The number of ether oxygens (including phenoxy) is 1. The van der Waals surface area contributed by atoms with E-state index in [1.807, 2.05) is 50.2 Å². The van der Waals surface area contributed by atoms with Crippen molar-refractivity contribution in [1.29, 1.82) is 0 Å². The number of aromatic nitrogens is 2. The van der Waals surface area contributed by atoms with Crippen LogP contribution in [0.3, 0.4) is 0 Å². The largest absolute Gasteiger partial charge is 0.497 e. The van der Waals surface area contributed by atoms with Gasteiger partial charge >= 0.3 is 0 Å². The Hall–Kier alpha value is -2.30. The predicted octanol–water partition coefficient (Wildman–Crippen LogP) is 2.32. The molecule has 19 heavy (non-hydrogen) atoms. The molecule has 0 saturated carbocycles. The monoisotopic (exact) mass is 259 g/mol. The number of carbonyl (C=O) groups excluding carboxylic acids is 1. The van der Waals surface area contributed by atoms with Crippen molar-refractivity contribution in [1.82, 2.24) is 9.78 Å². The summed E-state index contributed by atoms with van der Waals surface area (Å²) in [6.07, 6.45) is 0.842. The number of aldehydes is 1. The van der Waals surface area contributed by atoms with E-state index >= 15 is 0 Å². The number of carbonyl (C=O) groups is 1. The number of benzene rings is 1. The van der Waals surface area contributed by atoms with E-state index in [4.69, 9.17) is 4.74 Å². The quantitative estimate of drug-likeness (QED) is 0.791. The Bertz CT molecular complexity index is 605. The molecule has 0 radical (unpaired) electrons. The maximum absolute atomic E-state index is 11.2. The first-order valence-corrected chi connectivity index (χ1v) is 5.95. The number of aryl methyl sites for hydroxylation is 2. The molecule has 0 N–H and O–H groups in total. The third-order valence-electron chi connectivity index (χ3n) is 3.11. The summed E-state index contributed by atoms with van der Waals surface area (Å²) in [5, 5.41) is 4.28. The van der Waals surface area contributed by atoms with Crippen LogP contribution in [-0.2, 0) is 7.05 Å². The maximum atomic E-state index is 11.2. The summed E-state index contributed by atoms with van der Waals surface area (Å²) in [5.41, 5.74) is 2.26. The number of rotatable bonds is 4. The standard InChI is InChI=1S/C14H17N3O2/c1-10-13(9-18)14(17(3)15-10)16(2)11-6-5-7-12(8-11)19-4/h5-9H,1-4H3. The van der Waals surface area contributed by atoms with Crippen molar-refractivity contribution in [2.24, 2.45) is 7.05 Å². The summed E-state index contributed by atoms with van der Waals surface area (Å²) in [4.78, 5) is 13.1. The van der Waals surface area contributed by atoms with Gasteiger partial charge in [-0.15, -0.1) is 0 Å². The smallest absolute Gasteiger partial charge is 0.155 e. The first kappa shape index (κ1) is 13.1. The second-order valence-electron chi connectivity index (χ2n) is 4.32. The van der Waals surface area contributed by atoms with Gasteiger partial charge in [-0.1, -0.05) is 6.07 Å². The number of hydrogen-bond acceptors (Lipinski definition) is 4. The highest BCUT2D eigenvalue weighted by Gasteiger charge is 2.17. The molecule has 0 amide bonds. The van der Waals surface area contributed by atoms with E-state index in [1.54, 1.807) is 11.8 Å². The van der Waals surface area contributed by atoms with Crippen LogP contribution < -0.4 is 9.64 Å². The summed E-state index contributed by atoms with van der Waals surface area (Å²) < 4.78 is 6.92. The van der Waals surface area contributed by atoms with Crippen molar-refractivity contribution < 1.29 is 9.53 Å². The zero-order chi connectivity index (χ0) is 14.0. The maximum Gasteiger partial charge on any atom is 0.155 e. The molecule has 1 aromatic heterocycles.